The minimum atomic E-state index is -4.94. The van der Waals surface area contributed by atoms with E-state index >= 15 is 0 Å². The van der Waals surface area contributed by atoms with E-state index in [0.29, 0.717) is 25.7 Å². The van der Waals surface area contributed by atoms with E-state index in [2.05, 4.69) is 41.5 Å². The van der Waals surface area contributed by atoms with E-state index in [1.807, 2.05) is 0 Å². The fourth-order valence-corrected chi connectivity index (χ4v) is 10.6. The van der Waals surface area contributed by atoms with Crippen molar-refractivity contribution in [1.29, 1.82) is 0 Å². The van der Waals surface area contributed by atoms with Crippen LogP contribution < -0.4 is 0 Å². The van der Waals surface area contributed by atoms with Crippen molar-refractivity contribution >= 4 is 39.5 Å². The first-order valence-corrected chi connectivity index (χ1v) is 35.0. The van der Waals surface area contributed by atoms with Gasteiger partial charge in [-0.3, -0.25) is 37.3 Å². The van der Waals surface area contributed by atoms with E-state index in [-0.39, 0.29) is 25.7 Å². The Morgan fingerprint density at radius 1 is 0.338 bits per heavy atom. The Hall–Kier alpha value is -1.94. The van der Waals surface area contributed by atoms with Crippen LogP contribution in [0.2, 0.25) is 0 Å². The number of hydrogen-bond donors (Lipinski definition) is 3. The highest BCUT2D eigenvalue weighted by Gasteiger charge is 2.30. The summed E-state index contributed by atoms with van der Waals surface area (Å²) < 4.78 is 67.5. The number of carbonyl (C=O) groups excluding carboxylic acids is 4. The molecule has 0 rings (SSSR count). The van der Waals surface area contributed by atoms with Gasteiger partial charge in [0.1, 0.15) is 19.3 Å². The molecular formula is C61H118O17P2. The van der Waals surface area contributed by atoms with Gasteiger partial charge in [-0.15, -0.1) is 0 Å². The summed E-state index contributed by atoms with van der Waals surface area (Å²) in [6.45, 7) is 9.31. The summed E-state index contributed by atoms with van der Waals surface area (Å²) in [7, 11) is -9.86. The van der Waals surface area contributed by atoms with Crippen LogP contribution in [0.25, 0.3) is 0 Å². The van der Waals surface area contributed by atoms with Crippen molar-refractivity contribution in [3.63, 3.8) is 0 Å². The third-order valence-corrected chi connectivity index (χ3v) is 15.9. The average Bonchev–Trinajstić information content (AvgIpc) is 3.41. The molecule has 17 nitrogen and oxygen atoms in total. The number of hydrogen-bond acceptors (Lipinski definition) is 15. The second-order valence-electron chi connectivity index (χ2n) is 23.0. The second-order valence-corrected chi connectivity index (χ2v) is 25.9. The SMILES string of the molecule is CCCCCCCC(=O)OC[C@H](COP(=O)(O)OC[C@H](O)COP(=O)(O)OC[C@@H](COC(=O)CCCCCCCCCCCCCC(C)C)OC(=O)CCCCCCCCCCCCCCCC(C)C)OC(=O)CCCCCCC. The Morgan fingerprint density at radius 2 is 0.575 bits per heavy atom. The average molecular weight is 1190 g/mol. The topological polar surface area (TPSA) is 237 Å². The van der Waals surface area contributed by atoms with E-state index in [9.17, 15) is 43.2 Å². The normalized spacial score (nSPS) is 14.4. The van der Waals surface area contributed by atoms with Gasteiger partial charge in [-0.2, -0.15) is 0 Å². The van der Waals surface area contributed by atoms with E-state index in [0.717, 1.165) is 108 Å². The standard InChI is InChI=1S/C61H118O17P2/c1-7-9-11-29-37-43-58(63)71-49-56(77-60(65)45-39-30-12-10-8-2)51-75-79(67,68)73-47-55(62)48-74-80(69,70)76-52-57(50-72-59(64)44-38-33-27-23-20-16-18-22-26-32-36-42-54(5)6)78-61(66)46-40-34-28-24-19-15-13-14-17-21-25-31-35-41-53(3)4/h53-57,62H,7-52H2,1-6H3,(H,67,68)(H,69,70)/t55-,56+,57+/m0/s1. The molecule has 0 aromatic heterocycles. The molecule has 0 aromatic carbocycles. The summed E-state index contributed by atoms with van der Waals surface area (Å²) in [4.78, 5) is 71.6. The Bertz CT molecular complexity index is 1580. The first-order valence-electron chi connectivity index (χ1n) is 32.0. The first kappa shape index (κ1) is 78.1. The summed E-state index contributed by atoms with van der Waals surface area (Å²) in [5.41, 5.74) is 0. The number of esters is 4. The summed E-state index contributed by atoms with van der Waals surface area (Å²) in [6.07, 6.45) is 35.6. The van der Waals surface area contributed by atoms with Gasteiger partial charge in [0.05, 0.1) is 26.4 Å². The van der Waals surface area contributed by atoms with Crippen molar-refractivity contribution in [2.45, 2.75) is 317 Å². The minimum Gasteiger partial charge on any atom is -0.462 e. The molecular weight excluding hydrogens is 1070 g/mol. The molecule has 0 radical (unpaired) electrons. The van der Waals surface area contributed by atoms with Crippen molar-refractivity contribution < 1.29 is 80.2 Å². The van der Waals surface area contributed by atoms with Crippen LogP contribution in [0.1, 0.15) is 298 Å². The molecule has 474 valence electrons. The monoisotopic (exact) mass is 1180 g/mol. The van der Waals surface area contributed by atoms with Crippen LogP contribution in [-0.2, 0) is 65.4 Å². The minimum absolute atomic E-state index is 0.0986. The highest BCUT2D eigenvalue weighted by Crippen LogP contribution is 2.45. The molecule has 0 heterocycles. The van der Waals surface area contributed by atoms with Crippen molar-refractivity contribution in [3.05, 3.63) is 0 Å². The molecule has 5 atom stereocenters. The number of rotatable bonds is 60. The molecule has 0 spiro atoms. The zero-order valence-corrected chi connectivity index (χ0v) is 53.2. The number of aliphatic hydroxyl groups excluding tert-OH is 1. The zero-order valence-electron chi connectivity index (χ0n) is 51.4. The fraction of sp³-hybridized carbons (Fsp3) is 0.934. The van der Waals surface area contributed by atoms with Gasteiger partial charge in [0.15, 0.2) is 12.2 Å². The van der Waals surface area contributed by atoms with Gasteiger partial charge in [0, 0.05) is 25.7 Å². The molecule has 0 bridgehead atoms. The molecule has 80 heavy (non-hydrogen) atoms. The first-order chi connectivity index (χ1) is 38.4. The number of unbranched alkanes of at least 4 members (excludes halogenated alkanes) is 30. The summed E-state index contributed by atoms with van der Waals surface area (Å²) in [5.74, 6) is -0.602. The lowest BCUT2D eigenvalue weighted by Gasteiger charge is -2.21. The number of aliphatic hydroxyl groups is 1. The molecule has 0 aromatic rings. The van der Waals surface area contributed by atoms with Crippen LogP contribution in [0.15, 0.2) is 0 Å². The van der Waals surface area contributed by atoms with Crippen LogP contribution in [0.4, 0.5) is 0 Å². The molecule has 0 saturated carbocycles. The molecule has 0 aliphatic carbocycles. The Balaban J connectivity index is 5.12. The maximum atomic E-state index is 13.0. The molecule has 19 heteroatoms. The van der Waals surface area contributed by atoms with Gasteiger partial charge in [-0.05, 0) is 37.5 Å². The third kappa shape index (κ3) is 55.3. The van der Waals surface area contributed by atoms with Crippen LogP contribution in [0.5, 0.6) is 0 Å². The van der Waals surface area contributed by atoms with E-state index in [1.54, 1.807) is 0 Å². The van der Waals surface area contributed by atoms with E-state index < -0.39 is 97.5 Å². The van der Waals surface area contributed by atoms with Crippen LogP contribution in [0, 0.1) is 11.8 Å². The van der Waals surface area contributed by atoms with Gasteiger partial charge in [0.2, 0.25) is 0 Å². The molecule has 0 aliphatic rings. The highest BCUT2D eigenvalue weighted by molar-refractivity contribution is 7.47. The lowest BCUT2D eigenvalue weighted by Crippen LogP contribution is -2.30. The Morgan fingerprint density at radius 3 is 0.850 bits per heavy atom. The van der Waals surface area contributed by atoms with Crippen molar-refractivity contribution in [2.75, 3.05) is 39.6 Å². The van der Waals surface area contributed by atoms with Crippen molar-refractivity contribution in [2.24, 2.45) is 11.8 Å². The Kier molecular flexibility index (Phi) is 52.5. The van der Waals surface area contributed by atoms with Crippen LogP contribution >= 0.6 is 15.6 Å². The van der Waals surface area contributed by atoms with Crippen molar-refractivity contribution in [1.82, 2.24) is 0 Å². The highest BCUT2D eigenvalue weighted by atomic mass is 31.2. The molecule has 3 N–H and O–H groups in total. The predicted molar refractivity (Wildman–Crippen MR) is 317 cm³/mol. The lowest BCUT2D eigenvalue weighted by molar-refractivity contribution is -0.161. The smallest absolute Gasteiger partial charge is 0.462 e. The van der Waals surface area contributed by atoms with Gasteiger partial charge >= 0.3 is 39.5 Å². The van der Waals surface area contributed by atoms with Crippen molar-refractivity contribution in [3.8, 4) is 0 Å². The van der Waals surface area contributed by atoms with Crippen LogP contribution in [0.3, 0.4) is 0 Å². The Labute approximate surface area is 486 Å². The largest absolute Gasteiger partial charge is 0.472 e. The molecule has 0 amide bonds. The van der Waals surface area contributed by atoms with E-state index in [1.165, 1.54) is 109 Å². The lowest BCUT2D eigenvalue weighted by atomic mass is 10.0. The molecule has 0 aliphatic heterocycles. The molecule has 0 fully saturated rings. The van der Waals surface area contributed by atoms with E-state index in [4.69, 9.17) is 37.0 Å². The summed E-state index contributed by atoms with van der Waals surface area (Å²) >= 11 is 0. The molecule has 0 saturated heterocycles. The maximum absolute atomic E-state index is 13.0. The predicted octanol–water partition coefficient (Wildman–Crippen LogP) is 16.5. The molecule has 2 unspecified atom stereocenters. The van der Waals surface area contributed by atoms with Crippen LogP contribution in [-0.4, -0.2) is 96.7 Å². The van der Waals surface area contributed by atoms with Gasteiger partial charge in [-0.25, -0.2) is 9.13 Å². The third-order valence-electron chi connectivity index (χ3n) is 14.0. The second kappa shape index (κ2) is 53.8. The van der Waals surface area contributed by atoms with Gasteiger partial charge < -0.3 is 33.8 Å². The van der Waals surface area contributed by atoms with Gasteiger partial charge in [0.25, 0.3) is 0 Å². The quantitative estimate of drug-likeness (QED) is 0.0222. The summed E-state index contributed by atoms with van der Waals surface area (Å²) in [6, 6.07) is 0. The fourth-order valence-electron chi connectivity index (χ4n) is 9.00. The maximum Gasteiger partial charge on any atom is 0.472 e. The number of phosphoric acid groups is 2. The number of phosphoric ester groups is 2. The zero-order chi connectivity index (χ0) is 59.4. The van der Waals surface area contributed by atoms with Gasteiger partial charge in [-0.1, -0.05) is 247 Å². The number of ether oxygens (including phenoxy) is 4. The number of carbonyl (C=O) groups is 4. The summed E-state index contributed by atoms with van der Waals surface area (Å²) in [5, 5.41) is 10.5.